The smallest absolute Gasteiger partial charge is 0.228 e. The van der Waals surface area contributed by atoms with E-state index in [9.17, 15) is 18.3 Å². The number of aromatic hydroxyl groups is 1. The number of hydrogen-bond acceptors (Lipinski definition) is 4. The molecule has 2 fully saturated rings. The van der Waals surface area contributed by atoms with Gasteiger partial charge >= 0.3 is 0 Å². The van der Waals surface area contributed by atoms with Crippen molar-refractivity contribution in [2.45, 2.75) is 19.3 Å². The topological polar surface area (TPSA) is 83.5 Å². The quantitative estimate of drug-likeness (QED) is 0.815. The Morgan fingerprint density at radius 2 is 2.00 bits per heavy atom. The maximum Gasteiger partial charge on any atom is 0.228 e. The number of phenolic OH excluding ortho intramolecular Hbond substituents is 1. The van der Waals surface area contributed by atoms with Crippen LogP contribution in [0.15, 0.2) is 18.2 Å². The number of sulfone groups is 1. The number of amides is 1. The summed E-state index contributed by atoms with van der Waals surface area (Å²) in [5.41, 5.74) is 0.127. The molecular weight excluding hydrogens is 314 g/mol. The van der Waals surface area contributed by atoms with Crippen LogP contribution in [0, 0.1) is 11.3 Å². The van der Waals surface area contributed by atoms with E-state index in [0.717, 1.165) is 6.42 Å². The Morgan fingerprint density at radius 3 is 2.67 bits per heavy atom. The molecule has 1 aromatic rings. The first-order valence-corrected chi connectivity index (χ1v) is 9.01. The maximum atomic E-state index is 12.3. The van der Waals surface area contributed by atoms with E-state index in [2.05, 4.69) is 5.32 Å². The van der Waals surface area contributed by atoms with Gasteiger partial charge in [0.1, 0.15) is 15.6 Å². The van der Waals surface area contributed by atoms with Crippen LogP contribution in [0.2, 0.25) is 5.02 Å². The standard InChI is InChI=1S/C14H16ClNO4S/c15-9-1-2-12(17)11(7-9)16-13(18)10-8-14(10)3-5-21(19,20)6-4-14/h1-2,7,10,17H,3-6,8H2,(H,16,18). The summed E-state index contributed by atoms with van der Waals surface area (Å²) < 4.78 is 22.9. The molecule has 1 saturated heterocycles. The molecule has 7 heteroatoms. The summed E-state index contributed by atoms with van der Waals surface area (Å²) in [6.45, 7) is 0. The van der Waals surface area contributed by atoms with E-state index < -0.39 is 9.84 Å². The summed E-state index contributed by atoms with van der Waals surface area (Å²) in [5, 5.41) is 12.8. The number of anilines is 1. The molecule has 2 aliphatic rings. The number of carbonyl (C=O) groups excluding carboxylic acids is 1. The fraction of sp³-hybridized carbons (Fsp3) is 0.500. The predicted molar refractivity (Wildman–Crippen MR) is 80.2 cm³/mol. The van der Waals surface area contributed by atoms with Crippen molar-refractivity contribution < 1.29 is 18.3 Å². The second-order valence-electron chi connectivity index (χ2n) is 5.92. The molecule has 3 rings (SSSR count). The van der Waals surface area contributed by atoms with Gasteiger partial charge in [-0.25, -0.2) is 8.42 Å². The van der Waals surface area contributed by atoms with Gasteiger partial charge in [-0.3, -0.25) is 4.79 Å². The fourth-order valence-electron chi connectivity index (χ4n) is 3.04. The second-order valence-corrected chi connectivity index (χ2v) is 8.66. The van der Waals surface area contributed by atoms with E-state index >= 15 is 0 Å². The number of hydrogen-bond donors (Lipinski definition) is 2. The minimum atomic E-state index is -2.92. The summed E-state index contributed by atoms with van der Waals surface area (Å²) in [6.07, 6.45) is 1.82. The Morgan fingerprint density at radius 1 is 1.33 bits per heavy atom. The van der Waals surface area contributed by atoms with E-state index in [-0.39, 0.29) is 40.2 Å². The average Bonchev–Trinajstić information content (AvgIpc) is 3.13. The largest absolute Gasteiger partial charge is 0.506 e. The van der Waals surface area contributed by atoms with Crippen LogP contribution in [0.4, 0.5) is 5.69 Å². The maximum absolute atomic E-state index is 12.3. The molecule has 1 aliphatic heterocycles. The third-order valence-corrected chi connectivity index (χ3v) is 6.43. The SMILES string of the molecule is O=C(Nc1cc(Cl)ccc1O)C1CC12CCS(=O)(=O)CC2. The third-order valence-electron chi connectivity index (χ3n) is 4.54. The highest BCUT2D eigenvalue weighted by molar-refractivity contribution is 7.91. The van der Waals surface area contributed by atoms with Crippen LogP contribution in [0.1, 0.15) is 19.3 Å². The number of carbonyl (C=O) groups is 1. The fourth-order valence-corrected chi connectivity index (χ4v) is 4.86. The normalized spacial score (nSPS) is 25.5. The van der Waals surface area contributed by atoms with E-state index in [1.807, 2.05) is 0 Å². The van der Waals surface area contributed by atoms with E-state index in [4.69, 9.17) is 11.6 Å². The molecule has 1 atom stereocenters. The van der Waals surface area contributed by atoms with Gasteiger partial charge in [-0.1, -0.05) is 11.6 Å². The van der Waals surface area contributed by atoms with Crippen molar-refractivity contribution in [1.82, 2.24) is 0 Å². The van der Waals surface area contributed by atoms with E-state index in [1.165, 1.54) is 18.2 Å². The Hall–Kier alpha value is -1.27. The molecule has 1 heterocycles. The zero-order chi connectivity index (χ0) is 15.3. The summed E-state index contributed by atoms with van der Waals surface area (Å²) in [4.78, 5) is 12.3. The van der Waals surface area contributed by atoms with Crippen LogP contribution in [0.25, 0.3) is 0 Å². The van der Waals surface area contributed by atoms with Crippen LogP contribution in [-0.4, -0.2) is 30.9 Å². The number of nitrogens with one attached hydrogen (secondary N) is 1. The van der Waals surface area contributed by atoms with Gasteiger partial charge in [-0.2, -0.15) is 0 Å². The van der Waals surface area contributed by atoms with Gasteiger partial charge in [0, 0.05) is 10.9 Å². The van der Waals surface area contributed by atoms with Crippen molar-refractivity contribution >= 4 is 33.0 Å². The van der Waals surface area contributed by atoms with Gasteiger partial charge in [0.15, 0.2) is 0 Å². The van der Waals surface area contributed by atoms with Crippen LogP contribution in [0.3, 0.4) is 0 Å². The molecule has 21 heavy (non-hydrogen) atoms. The zero-order valence-corrected chi connectivity index (χ0v) is 12.9. The lowest BCUT2D eigenvalue weighted by atomic mass is 9.96. The van der Waals surface area contributed by atoms with Crippen molar-refractivity contribution in [2.75, 3.05) is 16.8 Å². The average molecular weight is 330 g/mol. The van der Waals surface area contributed by atoms with Crippen LogP contribution >= 0.6 is 11.6 Å². The van der Waals surface area contributed by atoms with Crippen molar-refractivity contribution in [2.24, 2.45) is 11.3 Å². The van der Waals surface area contributed by atoms with E-state index in [0.29, 0.717) is 17.9 Å². The third kappa shape index (κ3) is 2.87. The molecule has 1 amide bonds. The number of halogens is 1. The molecule has 1 unspecified atom stereocenters. The summed E-state index contributed by atoms with van der Waals surface area (Å²) >= 11 is 5.84. The molecule has 0 radical (unpaired) electrons. The molecule has 2 N–H and O–H groups in total. The molecule has 1 aromatic carbocycles. The van der Waals surface area contributed by atoms with Crippen molar-refractivity contribution in [1.29, 1.82) is 0 Å². The second kappa shape index (κ2) is 4.88. The van der Waals surface area contributed by atoms with Gasteiger partial charge in [-0.05, 0) is 42.9 Å². The van der Waals surface area contributed by atoms with Crippen LogP contribution in [-0.2, 0) is 14.6 Å². The van der Waals surface area contributed by atoms with E-state index in [1.54, 1.807) is 0 Å². The highest BCUT2D eigenvalue weighted by Gasteiger charge is 2.59. The van der Waals surface area contributed by atoms with Crippen molar-refractivity contribution in [3.63, 3.8) is 0 Å². The lowest BCUT2D eigenvalue weighted by Gasteiger charge is -2.22. The van der Waals surface area contributed by atoms with Crippen molar-refractivity contribution in [3.8, 4) is 5.75 Å². The Balaban J connectivity index is 1.67. The van der Waals surface area contributed by atoms with Crippen LogP contribution < -0.4 is 5.32 Å². The number of benzene rings is 1. The summed E-state index contributed by atoms with van der Waals surface area (Å²) in [6, 6.07) is 4.46. The van der Waals surface area contributed by atoms with Gasteiger partial charge in [0.05, 0.1) is 17.2 Å². The minimum absolute atomic E-state index is 0.0336. The highest BCUT2D eigenvalue weighted by atomic mass is 35.5. The van der Waals surface area contributed by atoms with Gasteiger partial charge < -0.3 is 10.4 Å². The monoisotopic (exact) mass is 329 g/mol. The number of rotatable bonds is 2. The highest BCUT2D eigenvalue weighted by Crippen LogP contribution is 2.60. The first kappa shape index (κ1) is 14.7. The zero-order valence-electron chi connectivity index (χ0n) is 11.3. The summed E-state index contributed by atoms with van der Waals surface area (Å²) in [7, 11) is -2.92. The molecule has 114 valence electrons. The van der Waals surface area contributed by atoms with Crippen molar-refractivity contribution in [3.05, 3.63) is 23.2 Å². The first-order valence-electron chi connectivity index (χ1n) is 6.81. The molecule has 1 aliphatic carbocycles. The van der Waals surface area contributed by atoms with Gasteiger partial charge in [-0.15, -0.1) is 0 Å². The Kier molecular flexibility index (Phi) is 3.41. The number of phenols is 1. The Labute approximate surface area is 128 Å². The van der Waals surface area contributed by atoms with Crippen LogP contribution in [0.5, 0.6) is 5.75 Å². The van der Waals surface area contributed by atoms with Gasteiger partial charge in [0.25, 0.3) is 0 Å². The molecule has 5 nitrogen and oxygen atoms in total. The molecular formula is C14H16ClNO4S. The lowest BCUT2D eigenvalue weighted by Crippen LogP contribution is -2.28. The molecule has 1 saturated carbocycles. The molecule has 1 spiro atoms. The molecule has 0 aromatic heterocycles. The minimum Gasteiger partial charge on any atom is -0.506 e. The molecule has 0 bridgehead atoms. The first-order chi connectivity index (χ1) is 9.81. The predicted octanol–water partition coefficient (Wildman–Crippen LogP) is 2.20. The Bertz CT molecular complexity index is 687. The lowest BCUT2D eigenvalue weighted by molar-refractivity contribution is -0.118. The van der Waals surface area contributed by atoms with Gasteiger partial charge in [0.2, 0.25) is 5.91 Å². The summed E-state index contributed by atoms with van der Waals surface area (Å²) in [5.74, 6) is -0.0507.